The van der Waals surface area contributed by atoms with Crippen molar-refractivity contribution in [3.8, 4) is 5.75 Å². The van der Waals surface area contributed by atoms with Crippen LogP contribution in [0.25, 0.3) is 0 Å². The van der Waals surface area contributed by atoms with Gasteiger partial charge in [-0.05, 0) is 12.1 Å². The summed E-state index contributed by atoms with van der Waals surface area (Å²) in [6.45, 7) is 0. The molecule has 0 bridgehead atoms. The highest BCUT2D eigenvalue weighted by molar-refractivity contribution is 9.09. The molecule has 0 aliphatic rings. The number of Topliss-reactive ketones (excluding diaryl/α,β-unsaturated/α-hetero) is 1. The summed E-state index contributed by atoms with van der Waals surface area (Å²) in [5.74, 6) is -1.05. The van der Waals surface area contributed by atoms with Gasteiger partial charge in [-0.3, -0.25) is 4.79 Å². The van der Waals surface area contributed by atoms with E-state index >= 15 is 0 Å². The highest BCUT2D eigenvalue weighted by Gasteiger charge is 2.10. The number of phenolic OH excluding ortho intramolecular Hbond substituents is 1. The molecular weight excluding hydrogens is 239 g/mol. The number of halogens is 2. The zero-order chi connectivity index (χ0) is 9.84. The summed E-state index contributed by atoms with van der Waals surface area (Å²) in [6, 6.07) is 3.37. The van der Waals surface area contributed by atoms with Gasteiger partial charge in [0.15, 0.2) is 5.78 Å². The summed E-state index contributed by atoms with van der Waals surface area (Å²) >= 11 is 3.11. The minimum atomic E-state index is -0.548. The number of hydrogen-bond donors (Lipinski definition) is 1. The SMILES string of the molecule is O=C(CCBr)c1ccc(F)cc1O. The number of hydrogen-bond acceptors (Lipinski definition) is 2. The largest absolute Gasteiger partial charge is 0.507 e. The molecule has 0 unspecified atom stereocenters. The first kappa shape index (κ1) is 10.2. The minimum Gasteiger partial charge on any atom is -0.507 e. The third-order valence-corrected chi connectivity index (χ3v) is 1.98. The molecule has 70 valence electrons. The number of benzene rings is 1. The van der Waals surface area contributed by atoms with Crippen LogP contribution in [0.3, 0.4) is 0 Å². The molecule has 0 aliphatic heterocycles. The Kier molecular flexibility index (Phi) is 3.42. The van der Waals surface area contributed by atoms with E-state index in [9.17, 15) is 14.3 Å². The maximum absolute atomic E-state index is 12.5. The van der Waals surface area contributed by atoms with Crippen molar-refractivity contribution in [1.29, 1.82) is 0 Å². The number of ketones is 1. The van der Waals surface area contributed by atoms with Crippen LogP contribution >= 0.6 is 15.9 Å². The molecule has 1 rings (SSSR count). The first-order valence-electron chi connectivity index (χ1n) is 3.73. The van der Waals surface area contributed by atoms with Crippen molar-refractivity contribution < 1.29 is 14.3 Å². The maximum Gasteiger partial charge on any atom is 0.167 e. The predicted octanol–water partition coefficient (Wildman–Crippen LogP) is 2.50. The molecule has 2 nitrogen and oxygen atoms in total. The number of rotatable bonds is 3. The standard InChI is InChI=1S/C9H8BrFO2/c10-4-3-8(12)7-2-1-6(11)5-9(7)13/h1-2,5,13H,3-4H2. The molecule has 4 heteroatoms. The van der Waals surface area contributed by atoms with Gasteiger partial charge in [0.1, 0.15) is 11.6 Å². The lowest BCUT2D eigenvalue weighted by molar-refractivity contribution is 0.0987. The van der Waals surface area contributed by atoms with Gasteiger partial charge in [-0.2, -0.15) is 0 Å². The second-order valence-electron chi connectivity index (χ2n) is 2.52. The summed E-state index contributed by atoms with van der Waals surface area (Å²) in [6.07, 6.45) is 0.291. The lowest BCUT2D eigenvalue weighted by atomic mass is 10.1. The third kappa shape index (κ3) is 2.52. The molecule has 13 heavy (non-hydrogen) atoms. The molecule has 1 aromatic carbocycles. The van der Waals surface area contributed by atoms with E-state index in [0.29, 0.717) is 11.8 Å². The van der Waals surface area contributed by atoms with Gasteiger partial charge in [-0.25, -0.2) is 4.39 Å². The van der Waals surface area contributed by atoms with Crippen LogP contribution in [0.15, 0.2) is 18.2 Å². The summed E-state index contributed by atoms with van der Waals surface area (Å²) in [5, 5.41) is 9.74. The van der Waals surface area contributed by atoms with Crippen LogP contribution in [0, 0.1) is 5.82 Å². The van der Waals surface area contributed by atoms with Gasteiger partial charge in [0, 0.05) is 17.8 Å². The molecular formula is C9H8BrFO2. The quantitative estimate of drug-likeness (QED) is 0.658. The predicted molar refractivity (Wildman–Crippen MR) is 50.8 cm³/mol. The Morgan fingerprint density at radius 1 is 1.54 bits per heavy atom. The van der Waals surface area contributed by atoms with E-state index in [1.54, 1.807) is 0 Å². The van der Waals surface area contributed by atoms with Crippen LogP contribution in [0.1, 0.15) is 16.8 Å². The molecule has 0 heterocycles. The summed E-state index contributed by atoms with van der Waals surface area (Å²) < 4.78 is 12.5. The highest BCUT2D eigenvalue weighted by atomic mass is 79.9. The Morgan fingerprint density at radius 2 is 2.23 bits per heavy atom. The van der Waals surface area contributed by atoms with Gasteiger partial charge in [-0.1, -0.05) is 15.9 Å². The molecule has 1 aromatic rings. The second kappa shape index (κ2) is 4.37. The van der Waals surface area contributed by atoms with Gasteiger partial charge in [0.2, 0.25) is 0 Å². The highest BCUT2D eigenvalue weighted by Crippen LogP contribution is 2.19. The fourth-order valence-corrected chi connectivity index (χ4v) is 1.32. The topological polar surface area (TPSA) is 37.3 Å². The number of carbonyl (C=O) groups is 1. The molecule has 1 N–H and O–H groups in total. The normalized spacial score (nSPS) is 10.0. The van der Waals surface area contributed by atoms with Crippen molar-refractivity contribution >= 4 is 21.7 Å². The van der Waals surface area contributed by atoms with E-state index in [4.69, 9.17) is 0 Å². The molecule has 0 aromatic heterocycles. The number of aromatic hydroxyl groups is 1. The van der Waals surface area contributed by atoms with Crippen LogP contribution in [-0.2, 0) is 0 Å². The number of phenols is 1. The molecule has 0 saturated heterocycles. The average molecular weight is 247 g/mol. The lowest BCUT2D eigenvalue weighted by Crippen LogP contribution is -2.00. The Hall–Kier alpha value is -0.900. The van der Waals surface area contributed by atoms with Crippen LogP contribution in [0.4, 0.5) is 4.39 Å². The monoisotopic (exact) mass is 246 g/mol. The van der Waals surface area contributed by atoms with Crippen LogP contribution < -0.4 is 0 Å². The molecule has 0 atom stereocenters. The first-order valence-corrected chi connectivity index (χ1v) is 4.85. The zero-order valence-corrected chi connectivity index (χ0v) is 8.34. The summed E-state index contributed by atoms with van der Waals surface area (Å²) in [4.78, 5) is 11.3. The van der Waals surface area contributed by atoms with E-state index < -0.39 is 5.82 Å². The van der Waals surface area contributed by atoms with Gasteiger partial charge in [0.25, 0.3) is 0 Å². The van der Waals surface area contributed by atoms with E-state index in [1.807, 2.05) is 0 Å². The fourth-order valence-electron chi connectivity index (χ4n) is 0.961. The van der Waals surface area contributed by atoms with Crippen molar-refractivity contribution in [2.75, 3.05) is 5.33 Å². The van der Waals surface area contributed by atoms with Crippen molar-refractivity contribution in [3.05, 3.63) is 29.6 Å². The molecule has 0 spiro atoms. The van der Waals surface area contributed by atoms with E-state index in [0.717, 1.165) is 12.1 Å². The molecule has 0 aliphatic carbocycles. The molecule has 0 fully saturated rings. The van der Waals surface area contributed by atoms with Gasteiger partial charge in [0.05, 0.1) is 5.56 Å². The first-order chi connectivity index (χ1) is 6.15. The Bertz CT molecular complexity index is 325. The van der Waals surface area contributed by atoms with Crippen molar-refractivity contribution in [2.24, 2.45) is 0 Å². The smallest absolute Gasteiger partial charge is 0.167 e. The zero-order valence-electron chi connectivity index (χ0n) is 6.76. The number of carbonyl (C=O) groups excluding carboxylic acids is 1. The Labute approximate surface area is 83.5 Å². The van der Waals surface area contributed by atoms with Crippen molar-refractivity contribution in [1.82, 2.24) is 0 Å². The van der Waals surface area contributed by atoms with E-state index in [2.05, 4.69) is 15.9 Å². The van der Waals surface area contributed by atoms with Crippen LogP contribution in [-0.4, -0.2) is 16.2 Å². The Balaban J connectivity index is 2.95. The fraction of sp³-hybridized carbons (Fsp3) is 0.222. The van der Waals surface area contributed by atoms with Crippen LogP contribution in [0.5, 0.6) is 5.75 Å². The lowest BCUT2D eigenvalue weighted by Gasteiger charge is -2.01. The Morgan fingerprint density at radius 3 is 2.77 bits per heavy atom. The van der Waals surface area contributed by atoms with E-state index in [1.165, 1.54) is 6.07 Å². The molecule has 0 saturated carbocycles. The third-order valence-electron chi connectivity index (χ3n) is 1.58. The molecule has 0 radical (unpaired) electrons. The minimum absolute atomic E-state index is 0.167. The van der Waals surface area contributed by atoms with Crippen molar-refractivity contribution in [3.63, 3.8) is 0 Å². The summed E-state index contributed by atoms with van der Waals surface area (Å²) in [7, 11) is 0. The summed E-state index contributed by atoms with van der Waals surface area (Å²) in [5.41, 5.74) is 0.167. The van der Waals surface area contributed by atoms with Crippen molar-refractivity contribution in [2.45, 2.75) is 6.42 Å². The van der Waals surface area contributed by atoms with Gasteiger partial charge < -0.3 is 5.11 Å². The van der Waals surface area contributed by atoms with Gasteiger partial charge in [-0.15, -0.1) is 0 Å². The number of alkyl halides is 1. The second-order valence-corrected chi connectivity index (χ2v) is 3.32. The van der Waals surface area contributed by atoms with E-state index in [-0.39, 0.29) is 17.1 Å². The van der Waals surface area contributed by atoms with Crippen LogP contribution in [0.2, 0.25) is 0 Å². The van der Waals surface area contributed by atoms with Gasteiger partial charge >= 0.3 is 0 Å². The maximum atomic E-state index is 12.5. The average Bonchev–Trinajstić information content (AvgIpc) is 2.04. The molecule has 0 amide bonds.